The summed E-state index contributed by atoms with van der Waals surface area (Å²) >= 11 is 0. The van der Waals surface area contributed by atoms with Crippen LogP contribution in [0.2, 0.25) is 0 Å². The first kappa shape index (κ1) is 9.26. The average molecular weight is 169 g/mol. The molecular weight excluding hydrogens is 154 g/mol. The Kier molecular flexibility index (Phi) is 3.29. The number of allylic oxidation sites excluding steroid dienone is 1. The first-order chi connectivity index (χ1) is 5.68. The number of amides is 1. The Morgan fingerprint density at radius 1 is 1.58 bits per heavy atom. The summed E-state index contributed by atoms with van der Waals surface area (Å²) in [6, 6.07) is 0.216. The van der Waals surface area contributed by atoms with Crippen LogP contribution in [0.3, 0.4) is 0 Å². The number of rotatable bonds is 2. The molecule has 1 atom stereocenters. The third-order valence-corrected chi connectivity index (χ3v) is 1.70. The molecule has 0 saturated carbocycles. The van der Waals surface area contributed by atoms with E-state index in [9.17, 15) is 4.79 Å². The third-order valence-electron chi connectivity index (χ3n) is 1.70. The summed E-state index contributed by atoms with van der Waals surface area (Å²) in [6.45, 7) is 5.23. The maximum absolute atomic E-state index is 11.2. The summed E-state index contributed by atoms with van der Waals surface area (Å²) in [5.41, 5.74) is 1.02. The van der Waals surface area contributed by atoms with Crippen molar-refractivity contribution in [2.45, 2.75) is 26.3 Å². The minimum Gasteiger partial charge on any atom is -0.379 e. The summed E-state index contributed by atoms with van der Waals surface area (Å²) in [6.07, 6.45) is 2.54. The van der Waals surface area contributed by atoms with Crippen LogP contribution in [0.25, 0.3) is 0 Å². The molecule has 0 aliphatic carbocycles. The lowest BCUT2D eigenvalue weighted by Crippen LogP contribution is -2.33. The van der Waals surface area contributed by atoms with Crippen molar-refractivity contribution in [2.24, 2.45) is 0 Å². The first-order valence-electron chi connectivity index (χ1n) is 4.21. The minimum atomic E-state index is -0.00880. The van der Waals surface area contributed by atoms with Crippen molar-refractivity contribution in [2.75, 3.05) is 13.2 Å². The van der Waals surface area contributed by atoms with Gasteiger partial charge in [0.15, 0.2) is 0 Å². The van der Waals surface area contributed by atoms with Crippen LogP contribution < -0.4 is 5.32 Å². The molecule has 0 aromatic carbocycles. The average Bonchev–Trinajstić information content (AvgIpc) is 2.37. The lowest BCUT2D eigenvalue weighted by molar-refractivity contribution is -0.117. The third kappa shape index (κ3) is 3.05. The van der Waals surface area contributed by atoms with Crippen molar-refractivity contribution in [3.8, 4) is 0 Å². The van der Waals surface area contributed by atoms with E-state index in [0.717, 1.165) is 18.6 Å². The molecular formula is C9H15NO2. The van der Waals surface area contributed by atoms with E-state index in [2.05, 4.69) is 5.32 Å². The van der Waals surface area contributed by atoms with Gasteiger partial charge in [-0.05, 0) is 20.3 Å². The van der Waals surface area contributed by atoms with Gasteiger partial charge >= 0.3 is 0 Å². The zero-order chi connectivity index (χ0) is 8.97. The van der Waals surface area contributed by atoms with Crippen LogP contribution in [0.5, 0.6) is 0 Å². The smallest absolute Gasteiger partial charge is 0.244 e. The van der Waals surface area contributed by atoms with Crippen molar-refractivity contribution in [3.05, 3.63) is 11.6 Å². The van der Waals surface area contributed by atoms with Crippen LogP contribution in [0.4, 0.5) is 0 Å². The minimum absolute atomic E-state index is 0.00880. The highest BCUT2D eigenvalue weighted by atomic mass is 16.5. The van der Waals surface area contributed by atoms with Crippen molar-refractivity contribution >= 4 is 5.91 Å². The molecule has 68 valence electrons. The Hall–Kier alpha value is -0.830. The van der Waals surface area contributed by atoms with Gasteiger partial charge in [0.1, 0.15) is 0 Å². The molecule has 3 nitrogen and oxygen atoms in total. The lowest BCUT2D eigenvalue weighted by atomic mass is 10.2. The van der Waals surface area contributed by atoms with Crippen molar-refractivity contribution < 1.29 is 9.53 Å². The lowest BCUT2D eigenvalue weighted by Gasteiger charge is -2.07. The predicted octanol–water partition coefficient (Wildman–Crippen LogP) is 0.858. The first-order valence-corrected chi connectivity index (χ1v) is 4.21. The van der Waals surface area contributed by atoms with Gasteiger partial charge in [-0.15, -0.1) is 0 Å². The number of carbonyl (C=O) groups excluding carboxylic acids is 1. The zero-order valence-electron chi connectivity index (χ0n) is 7.59. The normalized spacial score (nSPS) is 22.0. The molecule has 0 aromatic rings. The molecule has 3 heteroatoms. The molecule has 1 saturated heterocycles. The molecule has 12 heavy (non-hydrogen) atoms. The van der Waals surface area contributed by atoms with Gasteiger partial charge in [0.2, 0.25) is 5.91 Å². The van der Waals surface area contributed by atoms with E-state index >= 15 is 0 Å². The fraction of sp³-hybridized carbons (Fsp3) is 0.667. The van der Waals surface area contributed by atoms with E-state index in [1.54, 1.807) is 6.08 Å². The van der Waals surface area contributed by atoms with E-state index in [0.29, 0.717) is 6.61 Å². The Balaban J connectivity index is 2.30. The molecule has 1 fully saturated rings. The maximum atomic E-state index is 11.2. The molecule has 1 aliphatic rings. The number of hydrogen-bond donors (Lipinski definition) is 1. The summed E-state index contributed by atoms with van der Waals surface area (Å²) in [5.74, 6) is -0.00880. The molecule has 1 aliphatic heterocycles. The highest BCUT2D eigenvalue weighted by Gasteiger charge is 2.16. The van der Waals surface area contributed by atoms with Gasteiger partial charge in [0, 0.05) is 12.7 Å². The standard InChI is InChI=1S/C9H15NO2/c1-7(2)5-9(11)10-8-3-4-12-6-8/h5,8H,3-4,6H2,1-2H3,(H,10,11). The quantitative estimate of drug-likeness (QED) is 0.622. The Bertz CT molecular complexity index is 189. The monoisotopic (exact) mass is 169 g/mol. The number of nitrogens with one attached hydrogen (secondary N) is 1. The molecule has 1 unspecified atom stereocenters. The summed E-state index contributed by atoms with van der Waals surface area (Å²) in [4.78, 5) is 11.2. The topological polar surface area (TPSA) is 38.3 Å². The van der Waals surface area contributed by atoms with Gasteiger partial charge in [-0.25, -0.2) is 0 Å². The molecule has 1 rings (SSSR count). The molecule has 1 amide bonds. The largest absolute Gasteiger partial charge is 0.379 e. The Morgan fingerprint density at radius 2 is 2.33 bits per heavy atom. The molecule has 1 heterocycles. The van der Waals surface area contributed by atoms with Crippen LogP contribution in [-0.4, -0.2) is 25.2 Å². The molecule has 0 bridgehead atoms. The van der Waals surface area contributed by atoms with Gasteiger partial charge in [-0.2, -0.15) is 0 Å². The number of carbonyl (C=O) groups is 1. The molecule has 1 N–H and O–H groups in total. The van der Waals surface area contributed by atoms with Crippen molar-refractivity contribution in [1.29, 1.82) is 0 Å². The molecule has 0 aromatic heterocycles. The Morgan fingerprint density at radius 3 is 2.83 bits per heavy atom. The highest BCUT2D eigenvalue weighted by Crippen LogP contribution is 2.03. The number of hydrogen-bond acceptors (Lipinski definition) is 2. The SMILES string of the molecule is CC(C)=CC(=O)NC1CCOC1. The fourth-order valence-electron chi connectivity index (χ4n) is 1.15. The van der Waals surface area contributed by atoms with E-state index in [4.69, 9.17) is 4.74 Å². The fourth-order valence-corrected chi connectivity index (χ4v) is 1.15. The Labute approximate surface area is 72.8 Å². The van der Waals surface area contributed by atoms with Gasteiger partial charge in [0.25, 0.3) is 0 Å². The van der Waals surface area contributed by atoms with Crippen LogP contribution in [-0.2, 0) is 9.53 Å². The van der Waals surface area contributed by atoms with E-state index in [-0.39, 0.29) is 11.9 Å². The summed E-state index contributed by atoms with van der Waals surface area (Å²) < 4.78 is 5.13. The van der Waals surface area contributed by atoms with Crippen LogP contribution >= 0.6 is 0 Å². The van der Waals surface area contributed by atoms with E-state index in [1.165, 1.54) is 0 Å². The second-order valence-electron chi connectivity index (χ2n) is 3.29. The van der Waals surface area contributed by atoms with Crippen LogP contribution in [0, 0.1) is 0 Å². The molecule has 0 radical (unpaired) electrons. The summed E-state index contributed by atoms with van der Waals surface area (Å²) in [7, 11) is 0. The van der Waals surface area contributed by atoms with E-state index in [1.807, 2.05) is 13.8 Å². The zero-order valence-corrected chi connectivity index (χ0v) is 7.59. The van der Waals surface area contributed by atoms with Gasteiger partial charge in [-0.3, -0.25) is 4.79 Å². The van der Waals surface area contributed by atoms with Crippen molar-refractivity contribution in [3.63, 3.8) is 0 Å². The van der Waals surface area contributed by atoms with Crippen LogP contribution in [0.15, 0.2) is 11.6 Å². The van der Waals surface area contributed by atoms with Gasteiger partial charge < -0.3 is 10.1 Å². The van der Waals surface area contributed by atoms with Crippen LogP contribution in [0.1, 0.15) is 20.3 Å². The predicted molar refractivity (Wildman–Crippen MR) is 46.8 cm³/mol. The highest BCUT2D eigenvalue weighted by molar-refractivity contribution is 5.88. The second kappa shape index (κ2) is 4.26. The van der Waals surface area contributed by atoms with E-state index < -0.39 is 0 Å². The van der Waals surface area contributed by atoms with Gasteiger partial charge in [-0.1, -0.05) is 5.57 Å². The second-order valence-corrected chi connectivity index (χ2v) is 3.29. The van der Waals surface area contributed by atoms with Crippen molar-refractivity contribution in [1.82, 2.24) is 5.32 Å². The van der Waals surface area contributed by atoms with Gasteiger partial charge in [0.05, 0.1) is 12.6 Å². The summed E-state index contributed by atoms with van der Waals surface area (Å²) in [5, 5.41) is 2.87. The maximum Gasteiger partial charge on any atom is 0.244 e. The number of ether oxygens (including phenoxy) is 1. The molecule has 0 spiro atoms.